The van der Waals surface area contributed by atoms with Crippen molar-refractivity contribution in [1.82, 2.24) is 5.32 Å². The van der Waals surface area contributed by atoms with Crippen molar-refractivity contribution >= 4 is 11.6 Å². The second-order valence-corrected chi connectivity index (χ2v) is 4.86. The molecule has 0 radical (unpaired) electrons. The van der Waals surface area contributed by atoms with E-state index < -0.39 is 0 Å². The number of benzene rings is 2. The first kappa shape index (κ1) is 13.1. The summed E-state index contributed by atoms with van der Waals surface area (Å²) >= 11 is 6.31. The summed E-state index contributed by atoms with van der Waals surface area (Å²) in [6.07, 6.45) is 0. The number of hydrogen-bond donors (Lipinski definition) is 1. The lowest BCUT2D eigenvalue weighted by Gasteiger charge is -2.08. The normalized spacial score (nSPS) is 10.6. The molecule has 0 aromatic heterocycles. The number of rotatable bonds is 4. The van der Waals surface area contributed by atoms with E-state index in [1.165, 1.54) is 16.7 Å². The SMILES string of the molecule is CCNCc1ccc(-c2ccc(C)cc2)cc1Cl. The second kappa shape index (κ2) is 6.03. The minimum Gasteiger partial charge on any atom is -0.313 e. The Hall–Kier alpha value is -1.31. The van der Waals surface area contributed by atoms with Crippen LogP contribution < -0.4 is 5.32 Å². The van der Waals surface area contributed by atoms with Crippen LogP contribution in [0.1, 0.15) is 18.1 Å². The Morgan fingerprint density at radius 1 is 1.00 bits per heavy atom. The van der Waals surface area contributed by atoms with Crippen LogP contribution in [0.3, 0.4) is 0 Å². The Labute approximate surface area is 114 Å². The lowest BCUT2D eigenvalue weighted by molar-refractivity contribution is 0.727. The number of halogens is 1. The summed E-state index contributed by atoms with van der Waals surface area (Å²) in [5.74, 6) is 0. The molecule has 1 N–H and O–H groups in total. The van der Waals surface area contributed by atoms with Crippen molar-refractivity contribution in [2.75, 3.05) is 6.54 Å². The average Bonchev–Trinajstić information content (AvgIpc) is 2.38. The standard InChI is InChI=1S/C16H18ClN/c1-3-18-11-15-9-8-14(10-16(15)17)13-6-4-12(2)5-7-13/h4-10,18H,3,11H2,1-2H3. The number of hydrogen-bond acceptors (Lipinski definition) is 1. The fraction of sp³-hybridized carbons (Fsp3) is 0.250. The Balaban J connectivity index is 2.25. The minimum atomic E-state index is 0.823. The zero-order valence-electron chi connectivity index (χ0n) is 10.8. The summed E-state index contributed by atoms with van der Waals surface area (Å²) in [4.78, 5) is 0. The molecule has 2 heteroatoms. The maximum Gasteiger partial charge on any atom is 0.0457 e. The third-order valence-electron chi connectivity index (χ3n) is 3.00. The molecular formula is C16H18ClN. The first-order valence-electron chi connectivity index (χ1n) is 6.27. The molecular weight excluding hydrogens is 242 g/mol. The molecule has 18 heavy (non-hydrogen) atoms. The van der Waals surface area contributed by atoms with Crippen LogP contribution in [-0.4, -0.2) is 6.54 Å². The van der Waals surface area contributed by atoms with Crippen molar-refractivity contribution in [3.63, 3.8) is 0 Å². The van der Waals surface area contributed by atoms with Gasteiger partial charge in [-0.25, -0.2) is 0 Å². The number of aryl methyl sites for hydroxylation is 1. The second-order valence-electron chi connectivity index (χ2n) is 4.45. The molecule has 2 aromatic rings. The molecule has 0 atom stereocenters. The predicted octanol–water partition coefficient (Wildman–Crippen LogP) is 4.42. The third-order valence-corrected chi connectivity index (χ3v) is 3.36. The van der Waals surface area contributed by atoms with Crippen molar-refractivity contribution in [1.29, 1.82) is 0 Å². The van der Waals surface area contributed by atoms with Gasteiger partial charge >= 0.3 is 0 Å². The predicted molar refractivity (Wildman–Crippen MR) is 79.0 cm³/mol. The van der Waals surface area contributed by atoms with Crippen molar-refractivity contribution in [3.05, 3.63) is 58.6 Å². The molecule has 0 aliphatic heterocycles. The third kappa shape index (κ3) is 3.12. The van der Waals surface area contributed by atoms with Crippen LogP contribution in [0.25, 0.3) is 11.1 Å². The molecule has 0 saturated carbocycles. The fourth-order valence-electron chi connectivity index (χ4n) is 1.88. The van der Waals surface area contributed by atoms with E-state index in [1.54, 1.807) is 0 Å². The molecule has 0 bridgehead atoms. The Morgan fingerprint density at radius 2 is 1.67 bits per heavy atom. The van der Waals surface area contributed by atoms with Gasteiger partial charge in [0.25, 0.3) is 0 Å². The quantitative estimate of drug-likeness (QED) is 0.857. The van der Waals surface area contributed by atoms with E-state index in [2.05, 4.69) is 55.6 Å². The van der Waals surface area contributed by atoms with Gasteiger partial charge in [0.1, 0.15) is 0 Å². The van der Waals surface area contributed by atoms with E-state index in [4.69, 9.17) is 11.6 Å². The highest BCUT2D eigenvalue weighted by molar-refractivity contribution is 6.31. The highest BCUT2D eigenvalue weighted by Crippen LogP contribution is 2.25. The summed E-state index contributed by atoms with van der Waals surface area (Å²) < 4.78 is 0. The Kier molecular flexibility index (Phi) is 4.40. The molecule has 2 aromatic carbocycles. The molecule has 0 amide bonds. The highest BCUT2D eigenvalue weighted by Gasteiger charge is 2.03. The van der Waals surface area contributed by atoms with Gasteiger partial charge in [0, 0.05) is 11.6 Å². The van der Waals surface area contributed by atoms with Crippen LogP contribution in [0, 0.1) is 6.92 Å². The van der Waals surface area contributed by atoms with E-state index in [9.17, 15) is 0 Å². The van der Waals surface area contributed by atoms with Crippen molar-refractivity contribution in [2.24, 2.45) is 0 Å². The van der Waals surface area contributed by atoms with Crippen LogP contribution in [0.2, 0.25) is 5.02 Å². The monoisotopic (exact) mass is 259 g/mol. The van der Waals surface area contributed by atoms with Gasteiger partial charge < -0.3 is 5.32 Å². The smallest absolute Gasteiger partial charge is 0.0457 e. The van der Waals surface area contributed by atoms with Gasteiger partial charge in [0.2, 0.25) is 0 Å². The van der Waals surface area contributed by atoms with E-state index >= 15 is 0 Å². The zero-order valence-corrected chi connectivity index (χ0v) is 11.6. The molecule has 0 saturated heterocycles. The Bertz CT molecular complexity index is 517. The van der Waals surface area contributed by atoms with E-state index in [0.29, 0.717) is 0 Å². The van der Waals surface area contributed by atoms with Gasteiger partial charge in [0.15, 0.2) is 0 Å². The average molecular weight is 260 g/mol. The fourth-order valence-corrected chi connectivity index (χ4v) is 2.12. The van der Waals surface area contributed by atoms with E-state index in [1.807, 2.05) is 6.07 Å². The minimum absolute atomic E-state index is 0.823. The van der Waals surface area contributed by atoms with Gasteiger partial charge in [-0.05, 0) is 36.2 Å². The first-order valence-corrected chi connectivity index (χ1v) is 6.64. The molecule has 1 nitrogen and oxygen atoms in total. The van der Waals surface area contributed by atoms with Crippen molar-refractivity contribution in [2.45, 2.75) is 20.4 Å². The zero-order chi connectivity index (χ0) is 13.0. The summed E-state index contributed by atoms with van der Waals surface area (Å²) in [5.41, 5.74) is 4.79. The lowest BCUT2D eigenvalue weighted by Crippen LogP contribution is -2.11. The van der Waals surface area contributed by atoms with Crippen LogP contribution >= 0.6 is 11.6 Å². The highest BCUT2D eigenvalue weighted by atomic mass is 35.5. The van der Waals surface area contributed by atoms with Gasteiger partial charge in [-0.15, -0.1) is 0 Å². The summed E-state index contributed by atoms with van der Waals surface area (Å²) in [5, 5.41) is 4.12. The maximum absolute atomic E-state index is 6.31. The lowest BCUT2D eigenvalue weighted by atomic mass is 10.0. The summed E-state index contributed by atoms with van der Waals surface area (Å²) in [7, 11) is 0. The van der Waals surface area contributed by atoms with Gasteiger partial charge in [-0.3, -0.25) is 0 Å². The molecule has 0 aliphatic rings. The Morgan fingerprint density at radius 3 is 2.28 bits per heavy atom. The largest absolute Gasteiger partial charge is 0.313 e. The molecule has 0 heterocycles. The molecule has 0 fully saturated rings. The van der Waals surface area contributed by atoms with E-state index in [-0.39, 0.29) is 0 Å². The maximum atomic E-state index is 6.31. The number of nitrogens with one attached hydrogen (secondary N) is 1. The summed E-state index contributed by atoms with van der Waals surface area (Å²) in [6, 6.07) is 14.8. The molecule has 0 unspecified atom stereocenters. The van der Waals surface area contributed by atoms with E-state index in [0.717, 1.165) is 23.7 Å². The van der Waals surface area contributed by atoms with Crippen LogP contribution in [0.5, 0.6) is 0 Å². The van der Waals surface area contributed by atoms with Crippen LogP contribution in [0.4, 0.5) is 0 Å². The molecule has 94 valence electrons. The van der Waals surface area contributed by atoms with Gasteiger partial charge in [0.05, 0.1) is 0 Å². The van der Waals surface area contributed by atoms with Crippen molar-refractivity contribution < 1.29 is 0 Å². The summed E-state index contributed by atoms with van der Waals surface area (Å²) in [6.45, 7) is 5.96. The first-order chi connectivity index (χ1) is 8.70. The van der Waals surface area contributed by atoms with Gasteiger partial charge in [-0.1, -0.05) is 60.5 Å². The topological polar surface area (TPSA) is 12.0 Å². The van der Waals surface area contributed by atoms with Crippen LogP contribution in [-0.2, 0) is 6.54 Å². The van der Waals surface area contributed by atoms with Crippen LogP contribution in [0.15, 0.2) is 42.5 Å². The molecule has 0 spiro atoms. The van der Waals surface area contributed by atoms with Gasteiger partial charge in [-0.2, -0.15) is 0 Å². The molecule has 0 aliphatic carbocycles. The van der Waals surface area contributed by atoms with Crippen molar-refractivity contribution in [3.8, 4) is 11.1 Å². The molecule has 2 rings (SSSR count).